The summed E-state index contributed by atoms with van der Waals surface area (Å²) in [7, 11) is 0. The first-order chi connectivity index (χ1) is 10.2. The molecule has 0 saturated carbocycles. The number of rotatable bonds is 4. The monoisotopic (exact) mass is 284 g/mol. The second kappa shape index (κ2) is 5.61. The van der Waals surface area contributed by atoms with Gasteiger partial charge in [0, 0.05) is 12.7 Å². The maximum atomic E-state index is 14.1. The molecule has 3 aromatic rings. The zero-order valence-corrected chi connectivity index (χ0v) is 11.9. The van der Waals surface area contributed by atoms with E-state index in [0.29, 0.717) is 24.5 Å². The molecule has 0 aliphatic rings. The van der Waals surface area contributed by atoms with Gasteiger partial charge in [-0.05, 0) is 43.7 Å². The zero-order chi connectivity index (χ0) is 14.8. The van der Waals surface area contributed by atoms with Crippen molar-refractivity contribution in [2.45, 2.75) is 19.9 Å². The summed E-state index contributed by atoms with van der Waals surface area (Å²) in [4.78, 5) is 9.02. The van der Waals surface area contributed by atoms with E-state index in [-0.39, 0.29) is 5.82 Å². The zero-order valence-electron chi connectivity index (χ0n) is 11.9. The third-order valence-electron chi connectivity index (χ3n) is 3.42. The highest BCUT2D eigenvalue weighted by Gasteiger charge is 2.16. The van der Waals surface area contributed by atoms with Crippen LogP contribution >= 0.6 is 0 Å². The Morgan fingerprint density at radius 3 is 2.86 bits per heavy atom. The molecule has 2 N–H and O–H groups in total. The molecule has 0 aliphatic carbocycles. The number of aromatic nitrogens is 3. The van der Waals surface area contributed by atoms with Crippen LogP contribution < -0.4 is 5.73 Å². The van der Waals surface area contributed by atoms with Gasteiger partial charge in [0.2, 0.25) is 0 Å². The number of hydrogen-bond donors (Lipinski definition) is 1. The van der Waals surface area contributed by atoms with Crippen molar-refractivity contribution in [2.75, 3.05) is 6.54 Å². The van der Waals surface area contributed by atoms with E-state index < -0.39 is 0 Å². The van der Waals surface area contributed by atoms with Crippen LogP contribution in [0.5, 0.6) is 0 Å². The number of hydrogen-bond acceptors (Lipinski definition) is 3. The molecule has 3 rings (SSSR count). The molecule has 21 heavy (non-hydrogen) atoms. The normalized spacial score (nSPS) is 11.2. The van der Waals surface area contributed by atoms with Gasteiger partial charge in [-0.1, -0.05) is 12.1 Å². The van der Waals surface area contributed by atoms with Crippen molar-refractivity contribution in [2.24, 2.45) is 5.73 Å². The van der Waals surface area contributed by atoms with Crippen molar-refractivity contribution in [1.29, 1.82) is 0 Å². The number of pyridine rings is 1. The Labute approximate surface area is 122 Å². The summed E-state index contributed by atoms with van der Waals surface area (Å²) in [5.41, 5.74) is 8.68. The Hall–Kier alpha value is -2.27. The molecule has 2 aromatic heterocycles. The highest BCUT2D eigenvalue weighted by Crippen LogP contribution is 2.26. The number of aryl methyl sites for hydroxylation is 2. The van der Waals surface area contributed by atoms with Crippen LogP contribution in [0.3, 0.4) is 0 Å². The summed E-state index contributed by atoms with van der Waals surface area (Å²) >= 11 is 0. The minimum atomic E-state index is -0.279. The number of nitrogens with two attached hydrogens (primary N) is 1. The van der Waals surface area contributed by atoms with Gasteiger partial charge in [0.25, 0.3) is 0 Å². The Kier molecular flexibility index (Phi) is 3.66. The summed E-state index contributed by atoms with van der Waals surface area (Å²) in [6.07, 6.45) is 2.59. The number of benzene rings is 1. The van der Waals surface area contributed by atoms with Crippen LogP contribution in [0, 0.1) is 12.7 Å². The molecular formula is C16H17FN4. The molecule has 0 fully saturated rings. The van der Waals surface area contributed by atoms with Crippen molar-refractivity contribution in [3.63, 3.8) is 0 Å². The molecule has 0 radical (unpaired) electrons. The highest BCUT2D eigenvalue weighted by atomic mass is 19.1. The Morgan fingerprint density at radius 1 is 1.29 bits per heavy atom. The largest absolute Gasteiger partial charge is 0.330 e. The number of imidazole rings is 1. The second-order valence-electron chi connectivity index (χ2n) is 5.06. The predicted molar refractivity (Wildman–Crippen MR) is 81.3 cm³/mol. The average molecular weight is 284 g/mol. The molecule has 0 bridgehead atoms. The lowest BCUT2D eigenvalue weighted by molar-refractivity contribution is 0.623. The number of fused-ring (bicyclic) bond motifs is 1. The molecule has 0 amide bonds. The van der Waals surface area contributed by atoms with E-state index in [4.69, 9.17) is 5.73 Å². The lowest BCUT2D eigenvalue weighted by Gasteiger charge is -2.08. The van der Waals surface area contributed by atoms with Gasteiger partial charge in [0.15, 0.2) is 5.65 Å². The maximum Gasteiger partial charge on any atom is 0.160 e. The van der Waals surface area contributed by atoms with E-state index in [0.717, 1.165) is 23.1 Å². The molecule has 0 saturated heterocycles. The van der Waals surface area contributed by atoms with Crippen LogP contribution in [0.1, 0.15) is 12.0 Å². The standard InChI is InChI=1S/C16H17FN4/c1-11-9-14-16(19-10-11)21(8-4-7-18)15(20-14)12-5-2-3-6-13(12)17/h2-3,5-6,9-10H,4,7-8,18H2,1H3. The van der Waals surface area contributed by atoms with Crippen molar-refractivity contribution in [3.8, 4) is 11.4 Å². The minimum absolute atomic E-state index is 0.279. The fraction of sp³-hybridized carbons (Fsp3) is 0.250. The van der Waals surface area contributed by atoms with Crippen molar-refractivity contribution in [3.05, 3.63) is 47.9 Å². The summed E-state index contributed by atoms with van der Waals surface area (Å²) in [6, 6.07) is 8.63. The molecule has 5 heteroatoms. The molecule has 1 aromatic carbocycles. The smallest absolute Gasteiger partial charge is 0.160 e. The highest BCUT2D eigenvalue weighted by molar-refractivity contribution is 5.77. The Morgan fingerprint density at radius 2 is 2.10 bits per heavy atom. The van der Waals surface area contributed by atoms with E-state index in [9.17, 15) is 4.39 Å². The summed E-state index contributed by atoms with van der Waals surface area (Å²) in [5, 5.41) is 0. The number of halogens is 1. The molecule has 108 valence electrons. The van der Waals surface area contributed by atoms with Gasteiger partial charge in [0.1, 0.15) is 17.2 Å². The van der Waals surface area contributed by atoms with Gasteiger partial charge in [-0.3, -0.25) is 0 Å². The van der Waals surface area contributed by atoms with Crippen LogP contribution in [0.15, 0.2) is 36.5 Å². The fourth-order valence-corrected chi connectivity index (χ4v) is 2.42. The fourth-order valence-electron chi connectivity index (χ4n) is 2.42. The van der Waals surface area contributed by atoms with Gasteiger partial charge in [-0.15, -0.1) is 0 Å². The Balaban J connectivity index is 2.23. The van der Waals surface area contributed by atoms with Gasteiger partial charge >= 0.3 is 0 Å². The van der Waals surface area contributed by atoms with Crippen LogP contribution in [0.25, 0.3) is 22.6 Å². The van der Waals surface area contributed by atoms with Crippen LogP contribution in [0.2, 0.25) is 0 Å². The van der Waals surface area contributed by atoms with E-state index in [2.05, 4.69) is 9.97 Å². The molecule has 4 nitrogen and oxygen atoms in total. The van der Waals surface area contributed by atoms with Gasteiger partial charge < -0.3 is 10.3 Å². The van der Waals surface area contributed by atoms with E-state index in [1.54, 1.807) is 18.3 Å². The quantitative estimate of drug-likeness (QED) is 0.801. The van der Waals surface area contributed by atoms with E-state index >= 15 is 0 Å². The van der Waals surface area contributed by atoms with Crippen LogP contribution in [0.4, 0.5) is 4.39 Å². The maximum absolute atomic E-state index is 14.1. The van der Waals surface area contributed by atoms with Gasteiger partial charge in [-0.25, -0.2) is 14.4 Å². The summed E-state index contributed by atoms with van der Waals surface area (Å²) < 4.78 is 16.0. The van der Waals surface area contributed by atoms with Crippen molar-refractivity contribution in [1.82, 2.24) is 14.5 Å². The van der Waals surface area contributed by atoms with Gasteiger partial charge in [0.05, 0.1) is 5.56 Å². The predicted octanol–water partition coefficient (Wildman–Crippen LogP) is 2.89. The minimum Gasteiger partial charge on any atom is -0.330 e. The molecule has 2 heterocycles. The molecular weight excluding hydrogens is 267 g/mol. The van der Waals surface area contributed by atoms with Gasteiger partial charge in [-0.2, -0.15) is 0 Å². The lowest BCUT2D eigenvalue weighted by Crippen LogP contribution is -2.08. The molecule has 0 spiro atoms. The Bertz CT molecular complexity index is 779. The van der Waals surface area contributed by atoms with E-state index in [1.165, 1.54) is 6.07 Å². The van der Waals surface area contributed by atoms with E-state index in [1.807, 2.05) is 23.6 Å². The average Bonchev–Trinajstić information content (AvgIpc) is 2.83. The molecule has 0 atom stereocenters. The second-order valence-corrected chi connectivity index (χ2v) is 5.06. The molecule has 0 aliphatic heterocycles. The molecule has 0 unspecified atom stereocenters. The first-order valence-electron chi connectivity index (χ1n) is 6.98. The first kappa shape index (κ1) is 13.7. The summed E-state index contributed by atoms with van der Waals surface area (Å²) in [6.45, 7) is 3.21. The number of nitrogens with zero attached hydrogens (tertiary/aromatic N) is 3. The van der Waals surface area contributed by atoms with Crippen LogP contribution in [-0.4, -0.2) is 21.1 Å². The van der Waals surface area contributed by atoms with Crippen molar-refractivity contribution >= 4 is 11.2 Å². The first-order valence-corrected chi connectivity index (χ1v) is 6.98. The third kappa shape index (κ3) is 2.52. The summed E-state index contributed by atoms with van der Waals surface area (Å²) in [5.74, 6) is 0.327. The van der Waals surface area contributed by atoms with Crippen molar-refractivity contribution < 1.29 is 4.39 Å². The van der Waals surface area contributed by atoms with Crippen LogP contribution in [-0.2, 0) is 6.54 Å². The third-order valence-corrected chi connectivity index (χ3v) is 3.42. The lowest BCUT2D eigenvalue weighted by atomic mass is 10.2. The SMILES string of the molecule is Cc1cnc2c(c1)nc(-c1ccccc1F)n2CCCN. The topological polar surface area (TPSA) is 56.7 Å².